The number of ether oxygens (including phenoxy) is 1. The zero-order valence-corrected chi connectivity index (χ0v) is 27.5. The van der Waals surface area contributed by atoms with E-state index in [1.807, 2.05) is 19.2 Å². The number of aryl methyl sites for hydroxylation is 2. The van der Waals surface area contributed by atoms with Gasteiger partial charge in [0, 0.05) is 12.1 Å². The highest BCUT2D eigenvalue weighted by Gasteiger charge is 2.37. The summed E-state index contributed by atoms with van der Waals surface area (Å²) < 4.78 is 5.46. The zero-order chi connectivity index (χ0) is 31.4. The molecule has 10 heteroatoms. The van der Waals surface area contributed by atoms with Gasteiger partial charge >= 0.3 is 6.09 Å². The van der Waals surface area contributed by atoms with Gasteiger partial charge in [0.1, 0.15) is 23.4 Å². The molecule has 0 heterocycles. The van der Waals surface area contributed by atoms with Gasteiger partial charge in [-0.2, -0.15) is 11.8 Å². The monoisotopic (exact) mass is 619 g/mol. The molecule has 232 valence electrons. The van der Waals surface area contributed by atoms with Crippen molar-refractivity contribution in [3.05, 3.63) is 58.1 Å². The third-order valence-electron chi connectivity index (χ3n) is 6.73. The van der Waals surface area contributed by atoms with Gasteiger partial charge in [-0.25, -0.2) is 4.79 Å². The summed E-state index contributed by atoms with van der Waals surface area (Å²) in [6.07, 6.45) is 5.01. The number of hydrogen-bond donors (Lipinski definition) is 3. The molecule has 8 nitrogen and oxygen atoms in total. The van der Waals surface area contributed by atoms with Crippen molar-refractivity contribution in [2.75, 3.05) is 23.9 Å². The van der Waals surface area contributed by atoms with E-state index < -0.39 is 35.6 Å². The summed E-state index contributed by atoms with van der Waals surface area (Å²) in [4.78, 5) is 42.8. The van der Waals surface area contributed by atoms with E-state index in [1.54, 1.807) is 69.8 Å². The molecule has 0 saturated heterocycles. The number of anilines is 1. The number of amides is 3. The Hall–Kier alpha value is -2.91. The SMILES string of the molecule is CCCCCCN(C(=O)C(CCSC)NC(=O)OC(C)(C)C)C(C(=O)Nc1c(C)cccc1Cl)c1cccc(C)c1O. The molecule has 0 aliphatic rings. The molecule has 2 unspecified atom stereocenters. The van der Waals surface area contributed by atoms with Crippen LogP contribution in [0.15, 0.2) is 36.4 Å². The Kier molecular flexibility index (Phi) is 14.0. The van der Waals surface area contributed by atoms with Crippen LogP contribution in [0.1, 0.15) is 82.5 Å². The van der Waals surface area contributed by atoms with E-state index in [0.717, 1.165) is 24.8 Å². The zero-order valence-electron chi connectivity index (χ0n) is 25.9. The van der Waals surface area contributed by atoms with Crippen LogP contribution < -0.4 is 10.6 Å². The van der Waals surface area contributed by atoms with Gasteiger partial charge in [0.05, 0.1) is 10.7 Å². The van der Waals surface area contributed by atoms with Gasteiger partial charge < -0.3 is 25.4 Å². The second kappa shape index (κ2) is 16.7. The lowest BCUT2D eigenvalue weighted by Gasteiger charge is -2.35. The summed E-state index contributed by atoms with van der Waals surface area (Å²) >= 11 is 8.00. The van der Waals surface area contributed by atoms with E-state index >= 15 is 0 Å². The van der Waals surface area contributed by atoms with E-state index in [9.17, 15) is 19.5 Å². The number of nitrogens with one attached hydrogen (secondary N) is 2. The summed E-state index contributed by atoms with van der Waals surface area (Å²) in [5.41, 5.74) is 1.31. The van der Waals surface area contributed by atoms with Crippen LogP contribution in [0, 0.1) is 13.8 Å². The van der Waals surface area contributed by atoms with Crippen molar-refractivity contribution in [2.24, 2.45) is 0 Å². The average molecular weight is 620 g/mol. The number of phenolic OH excluding ortho intramolecular Hbond substituents is 1. The fraction of sp³-hybridized carbons (Fsp3) is 0.531. The fourth-order valence-electron chi connectivity index (χ4n) is 4.55. The minimum Gasteiger partial charge on any atom is -0.507 e. The molecule has 2 atom stereocenters. The smallest absolute Gasteiger partial charge is 0.408 e. The number of alkyl carbamates (subject to hydrolysis) is 1. The molecule has 3 N–H and O–H groups in total. The molecule has 2 aromatic carbocycles. The number of halogens is 1. The standard InChI is InChI=1S/C32H46ClN3O5S/c1-8-9-10-11-19-36(30(39)25(18-20-42-7)34-31(40)41-32(4,5)6)27(23-16-12-15-22(3)28(23)37)29(38)35-26-21(2)14-13-17-24(26)33/h12-17,25,27,37H,8-11,18-20H2,1-7H3,(H,34,40)(H,35,38). The topological polar surface area (TPSA) is 108 Å². The van der Waals surface area contributed by atoms with Crippen LogP contribution in [0.3, 0.4) is 0 Å². The molecule has 3 amide bonds. The molecule has 0 spiro atoms. The summed E-state index contributed by atoms with van der Waals surface area (Å²) in [5.74, 6) is -0.415. The number of benzene rings is 2. The van der Waals surface area contributed by atoms with Crippen LogP contribution in [0.25, 0.3) is 0 Å². The van der Waals surface area contributed by atoms with Crippen LogP contribution in [-0.4, -0.2) is 58.1 Å². The Balaban J connectivity index is 2.63. The molecule has 2 aromatic rings. The van der Waals surface area contributed by atoms with Crippen molar-refractivity contribution < 1.29 is 24.2 Å². The molecule has 2 rings (SSSR count). The molecule has 0 aliphatic carbocycles. The maximum absolute atomic E-state index is 14.4. The van der Waals surface area contributed by atoms with Gasteiger partial charge in [-0.15, -0.1) is 0 Å². The van der Waals surface area contributed by atoms with Crippen molar-refractivity contribution in [1.29, 1.82) is 0 Å². The normalized spacial score (nSPS) is 12.8. The number of carbonyl (C=O) groups excluding carboxylic acids is 3. The third-order valence-corrected chi connectivity index (χ3v) is 7.69. The van der Waals surface area contributed by atoms with Gasteiger partial charge in [0.2, 0.25) is 5.91 Å². The third kappa shape index (κ3) is 10.4. The maximum Gasteiger partial charge on any atom is 0.408 e. The van der Waals surface area contributed by atoms with Gasteiger partial charge in [-0.05, 0) is 76.7 Å². The fourth-order valence-corrected chi connectivity index (χ4v) is 5.29. The number of carbonyl (C=O) groups is 3. The minimum atomic E-state index is -1.19. The van der Waals surface area contributed by atoms with Crippen molar-refractivity contribution in [2.45, 2.75) is 91.3 Å². The number of aromatic hydroxyl groups is 1. The Morgan fingerprint density at radius 3 is 2.33 bits per heavy atom. The number of thioether (sulfide) groups is 1. The predicted molar refractivity (Wildman–Crippen MR) is 172 cm³/mol. The summed E-state index contributed by atoms with van der Waals surface area (Å²) in [5, 5.41) is 17.2. The van der Waals surface area contributed by atoms with Crippen molar-refractivity contribution in [3.8, 4) is 5.75 Å². The lowest BCUT2D eigenvalue weighted by atomic mass is 9.98. The van der Waals surface area contributed by atoms with E-state index in [0.29, 0.717) is 40.4 Å². The first-order valence-corrected chi connectivity index (χ1v) is 16.2. The van der Waals surface area contributed by atoms with Crippen LogP contribution in [0.4, 0.5) is 10.5 Å². The molecule has 0 aliphatic heterocycles. The minimum absolute atomic E-state index is 0.0688. The molecule has 0 radical (unpaired) electrons. The van der Waals surface area contributed by atoms with Crippen molar-refractivity contribution >= 4 is 47.0 Å². The lowest BCUT2D eigenvalue weighted by molar-refractivity contribution is -0.141. The number of para-hydroxylation sites is 2. The lowest BCUT2D eigenvalue weighted by Crippen LogP contribution is -2.53. The summed E-state index contributed by atoms with van der Waals surface area (Å²) in [6.45, 7) is 11.2. The number of nitrogens with zero attached hydrogens (tertiary/aromatic N) is 1. The van der Waals surface area contributed by atoms with E-state index in [2.05, 4.69) is 17.6 Å². The molecule has 0 aromatic heterocycles. The first-order chi connectivity index (χ1) is 19.8. The van der Waals surface area contributed by atoms with Gasteiger partial charge in [-0.3, -0.25) is 9.59 Å². The first-order valence-electron chi connectivity index (χ1n) is 14.4. The van der Waals surface area contributed by atoms with Crippen molar-refractivity contribution in [1.82, 2.24) is 10.2 Å². The van der Waals surface area contributed by atoms with Crippen LogP contribution in [0.2, 0.25) is 5.02 Å². The van der Waals surface area contributed by atoms with Crippen molar-refractivity contribution in [3.63, 3.8) is 0 Å². The maximum atomic E-state index is 14.4. The molecule has 0 fully saturated rings. The van der Waals surface area contributed by atoms with Gasteiger partial charge in [0.25, 0.3) is 5.91 Å². The molecule has 0 saturated carbocycles. The van der Waals surface area contributed by atoms with E-state index in [1.165, 1.54) is 4.90 Å². The molecular formula is C32H46ClN3O5S. The van der Waals surface area contributed by atoms with Crippen LogP contribution >= 0.6 is 23.4 Å². The Morgan fingerprint density at radius 1 is 1.05 bits per heavy atom. The van der Waals surface area contributed by atoms with Crippen LogP contribution in [-0.2, 0) is 14.3 Å². The Labute approximate surface area is 259 Å². The van der Waals surface area contributed by atoms with Gasteiger partial charge in [0.15, 0.2) is 0 Å². The second-order valence-corrected chi connectivity index (χ2v) is 12.8. The Morgan fingerprint density at radius 2 is 1.71 bits per heavy atom. The van der Waals surface area contributed by atoms with Crippen LogP contribution in [0.5, 0.6) is 5.75 Å². The Bertz CT molecular complexity index is 1200. The highest BCUT2D eigenvalue weighted by molar-refractivity contribution is 7.98. The average Bonchev–Trinajstić information content (AvgIpc) is 2.91. The second-order valence-electron chi connectivity index (χ2n) is 11.4. The first kappa shape index (κ1) is 35.3. The molecule has 42 heavy (non-hydrogen) atoms. The predicted octanol–water partition coefficient (Wildman–Crippen LogP) is 7.40. The highest BCUT2D eigenvalue weighted by atomic mass is 35.5. The number of hydrogen-bond acceptors (Lipinski definition) is 6. The number of phenols is 1. The molecule has 0 bridgehead atoms. The van der Waals surface area contributed by atoms with E-state index in [-0.39, 0.29) is 12.3 Å². The largest absolute Gasteiger partial charge is 0.507 e. The van der Waals surface area contributed by atoms with Gasteiger partial charge in [-0.1, -0.05) is 68.1 Å². The summed E-state index contributed by atoms with van der Waals surface area (Å²) in [7, 11) is 0. The number of unbranched alkanes of at least 4 members (excludes halogenated alkanes) is 3. The molecular weight excluding hydrogens is 574 g/mol. The summed E-state index contributed by atoms with van der Waals surface area (Å²) in [6, 6.07) is 8.31. The highest BCUT2D eigenvalue weighted by Crippen LogP contribution is 2.35. The van der Waals surface area contributed by atoms with E-state index in [4.69, 9.17) is 16.3 Å². The number of rotatable bonds is 14. The quantitative estimate of drug-likeness (QED) is 0.190.